The van der Waals surface area contributed by atoms with E-state index < -0.39 is 37.7 Å². The molecule has 6 heteroatoms. The second-order valence-electron chi connectivity index (χ2n) is 15.2. The first-order valence-corrected chi connectivity index (χ1v) is 20.0. The molecule has 4 aromatic rings. The number of hydrogen-bond donors (Lipinski definition) is 0. The molecule has 2 aliphatic heterocycles. The predicted octanol–water partition coefficient (Wildman–Crippen LogP) is 11.3. The minimum atomic E-state index is -1.70. The molecule has 0 unspecified atom stereocenters. The lowest BCUT2D eigenvalue weighted by Gasteiger charge is -2.42. The number of aryl methyl sites for hydroxylation is 8. The largest absolute Gasteiger partial charge is 0.340 e. The van der Waals surface area contributed by atoms with Crippen LogP contribution < -0.4 is 0 Å². The number of benzene rings is 4. The van der Waals surface area contributed by atoms with Crippen LogP contribution in [0.2, 0.25) is 0 Å². The summed E-state index contributed by atoms with van der Waals surface area (Å²) in [5.41, 5.74) is 11.5. The van der Waals surface area contributed by atoms with Gasteiger partial charge >= 0.3 is 0 Å². The first kappa shape index (κ1) is 37.9. The van der Waals surface area contributed by atoms with Crippen molar-refractivity contribution in [1.29, 1.82) is 0 Å². The molecule has 272 valence electrons. The van der Waals surface area contributed by atoms with Crippen molar-refractivity contribution >= 4 is 8.53 Å². The van der Waals surface area contributed by atoms with E-state index in [-0.39, 0.29) is 0 Å². The van der Waals surface area contributed by atoms with E-state index in [0.717, 1.165) is 35.3 Å². The SMILES string of the molecule is CCN(CC)P1OC(c2cc(C)cc(C)c2)(c2cc(C)cc(C)c2)[C@H]2OC(CC)(CC)O[C@@H]2C(c2cc(C)cc(C)c2)(c2cc(C)cc(C)c2)O1. The first-order valence-electron chi connectivity index (χ1n) is 18.9. The lowest BCUT2D eigenvalue weighted by atomic mass is 9.70. The fourth-order valence-electron chi connectivity index (χ4n) is 8.69. The van der Waals surface area contributed by atoms with E-state index in [1.54, 1.807) is 0 Å². The Bertz CT molecular complexity index is 1580. The smallest absolute Gasteiger partial charge is 0.261 e. The maximum atomic E-state index is 7.91. The highest BCUT2D eigenvalue weighted by Crippen LogP contribution is 2.66. The summed E-state index contributed by atoms with van der Waals surface area (Å²) in [5.74, 6) is -0.844. The Morgan fingerprint density at radius 1 is 0.451 bits per heavy atom. The van der Waals surface area contributed by atoms with Crippen molar-refractivity contribution in [2.24, 2.45) is 0 Å². The molecule has 0 radical (unpaired) electrons. The van der Waals surface area contributed by atoms with E-state index >= 15 is 0 Å². The average Bonchev–Trinajstić information content (AvgIpc) is 3.40. The minimum absolute atomic E-state index is 0.579. The molecule has 0 bridgehead atoms. The molecule has 4 aromatic carbocycles. The third-order valence-corrected chi connectivity index (χ3v) is 12.8. The van der Waals surface area contributed by atoms with Gasteiger partial charge in [-0.15, -0.1) is 0 Å². The molecule has 2 atom stereocenters. The lowest BCUT2D eigenvalue weighted by Crippen LogP contribution is -2.53. The van der Waals surface area contributed by atoms with E-state index in [9.17, 15) is 0 Å². The maximum absolute atomic E-state index is 7.91. The van der Waals surface area contributed by atoms with Gasteiger partial charge < -0.3 is 18.5 Å². The Morgan fingerprint density at radius 3 is 0.922 bits per heavy atom. The predicted molar refractivity (Wildman–Crippen MR) is 210 cm³/mol. The Labute approximate surface area is 308 Å². The molecule has 0 saturated carbocycles. The molecular weight excluding hydrogens is 649 g/mol. The second kappa shape index (κ2) is 14.5. The molecule has 51 heavy (non-hydrogen) atoms. The van der Waals surface area contributed by atoms with E-state index in [2.05, 4.69) is 161 Å². The first-order chi connectivity index (χ1) is 24.2. The second-order valence-corrected chi connectivity index (χ2v) is 16.6. The molecule has 0 N–H and O–H groups in total. The Hall–Kier alpha value is -2.89. The van der Waals surface area contributed by atoms with Gasteiger partial charge in [0, 0.05) is 13.1 Å². The van der Waals surface area contributed by atoms with Crippen LogP contribution in [-0.2, 0) is 29.7 Å². The Balaban J connectivity index is 1.84. The van der Waals surface area contributed by atoms with Gasteiger partial charge in [-0.05, 0) is 90.5 Å². The van der Waals surface area contributed by atoms with Crippen molar-refractivity contribution in [3.8, 4) is 0 Å². The number of rotatable bonds is 9. The zero-order valence-corrected chi connectivity index (χ0v) is 33.8. The molecule has 5 nitrogen and oxygen atoms in total. The molecule has 2 heterocycles. The topological polar surface area (TPSA) is 40.2 Å². The van der Waals surface area contributed by atoms with Crippen molar-refractivity contribution in [2.75, 3.05) is 13.1 Å². The molecule has 0 spiro atoms. The zero-order valence-electron chi connectivity index (χ0n) is 32.9. The third kappa shape index (κ3) is 6.76. The minimum Gasteiger partial charge on any atom is -0.340 e. The quantitative estimate of drug-likeness (QED) is 0.162. The van der Waals surface area contributed by atoms with Crippen molar-refractivity contribution < 1.29 is 18.5 Å². The molecule has 0 amide bonds. The van der Waals surface area contributed by atoms with Gasteiger partial charge in [0.25, 0.3) is 8.53 Å². The van der Waals surface area contributed by atoms with Crippen molar-refractivity contribution in [3.05, 3.63) is 140 Å². The Morgan fingerprint density at radius 2 is 0.706 bits per heavy atom. The van der Waals surface area contributed by atoms with Crippen LogP contribution in [0.4, 0.5) is 0 Å². The maximum Gasteiger partial charge on any atom is 0.261 e. The van der Waals surface area contributed by atoms with Crippen LogP contribution >= 0.6 is 8.53 Å². The van der Waals surface area contributed by atoms with Gasteiger partial charge in [-0.3, -0.25) is 0 Å². The molecule has 6 rings (SSSR count). The third-order valence-electron chi connectivity index (χ3n) is 10.8. The van der Waals surface area contributed by atoms with Crippen LogP contribution in [0.25, 0.3) is 0 Å². The molecular formula is C45H58NO4P. The number of fused-ring (bicyclic) bond motifs is 1. The van der Waals surface area contributed by atoms with Gasteiger partial charge in [0.1, 0.15) is 12.2 Å². The van der Waals surface area contributed by atoms with Crippen molar-refractivity contribution in [1.82, 2.24) is 4.67 Å². The highest BCUT2D eigenvalue weighted by Gasteiger charge is 2.68. The molecule has 2 fully saturated rings. The number of nitrogens with zero attached hydrogens (tertiary/aromatic N) is 1. The van der Waals surface area contributed by atoms with Gasteiger partial charge in [-0.1, -0.05) is 145 Å². The Kier molecular flexibility index (Phi) is 10.8. The molecule has 0 aliphatic carbocycles. The zero-order chi connectivity index (χ0) is 36.9. The fourth-order valence-corrected chi connectivity index (χ4v) is 10.5. The number of hydrogen-bond acceptors (Lipinski definition) is 5. The summed E-state index contributed by atoms with van der Waals surface area (Å²) in [6, 6.07) is 27.3. The van der Waals surface area contributed by atoms with E-state index in [1.165, 1.54) is 44.5 Å². The van der Waals surface area contributed by atoms with Crippen LogP contribution in [0.1, 0.15) is 107 Å². The molecule has 2 aliphatic rings. The molecule has 0 aromatic heterocycles. The summed E-state index contributed by atoms with van der Waals surface area (Å²) in [5, 5.41) is 0. The number of ether oxygens (including phenoxy) is 2. The van der Waals surface area contributed by atoms with Crippen LogP contribution in [0, 0.1) is 55.4 Å². The van der Waals surface area contributed by atoms with Gasteiger partial charge in [0.2, 0.25) is 0 Å². The molecule has 2 saturated heterocycles. The van der Waals surface area contributed by atoms with Gasteiger partial charge in [-0.25, -0.2) is 4.67 Å². The normalized spacial score (nSPS) is 21.1. The van der Waals surface area contributed by atoms with Crippen LogP contribution in [0.5, 0.6) is 0 Å². The van der Waals surface area contributed by atoms with Gasteiger partial charge in [0.15, 0.2) is 17.0 Å². The van der Waals surface area contributed by atoms with Gasteiger partial charge in [-0.2, -0.15) is 0 Å². The summed E-state index contributed by atoms with van der Waals surface area (Å²) in [4.78, 5) is 0. The standard InChI is InChI=1S/C45H58NO4P/c1-13-43(14-2)47-41-42(48-43)45(39-25-33(9)19-34(10)26-39,40-27-35(11)20-36(12)28-40)50-51(46(15-3)16-4)49-44(41,37-21-29(5)17-30(6)22-37)38-23-31(7)18-32(8)24-38/h17-28,41-42H,13-16H2,1-12H3/t41-,42-/m0/s1. The monoisotopic (exact) mass is 707 g/mol. The summed E-state index contributed by atoms with van der Waals surface area (Å²) >= 11 is 0. The van der Waals surface area contributed by atoms with Gasteiger partial charge in [0.05, 0.1) is 0 Å². The summed E-state index contributed by atoms with van der Waals surface area (Å²) in [6.45, 7) is 27.6. The van der Waals surface area contributed by atoms with Crippen LogP contribution in [-0.4, -0.2) is 35.8 Å². The lowest BCUT2D eigenvalue weighted by molar-refractivity contribution is -0.202. The van der Waals surface area contributed by atoms with E-state index in [0.29, 0.717) is 12.8 Å². The van der Waals surface area contributed by atoms with E-state index in [4.69, 9.17) is 18.5 Å². The average molecular weight is 708 g/mol. The van der Waals surface area contributed by atoms with Crippen LogP contribution in [0.3, 0.4) is 0 Å². The summed E-state index contributed by atoms with van der Waals surface area (Å²) in [7, 11) is -1.70. The van der Waals surface area contributed by atoms with E-state index in [1.807, 2.05) is 0 Å². The highest BCUT2D eigenvalue weighted by molar-refractivity contribution is 7.44. The summed E-state index contributed by atoms with van der Waals surface area (Å²) < 4.78 is 33.4. The fraction of sp³-hybridized carbons (Fsp3) is 0.467. The van der Waals surface area contributed by atoms with Crippen LogP contribution in [0.15, 0.2) is 72.8 Å². The van der Waals surface area contributed by atoms with Crippen molar-refractivity contribution in [2.45, 2.75) is 125 Å². The highest BCUT2D eigenvalue weighted by atomic mass is 31.2. The van der Waals surface area contributed by atoms with Crippen molar-refractivity contribution in [3.63, 3.8) is 0 Å². The summed E-state index contributed by atoms with van der Waals surface area (Å²) in [6.07, 6.45) is 0.216.